The van der Waals surface area contributed by atoms with Crippen LogP contribution in [0.5, 0.6) is 5.75 Å². The van der Waals surface area contributed by atoms with Crippen LogP contribution in [0, 0.1) is 12.3 Å². The van der Waals surface area contributed by atoms with Gasteiger partial charge in [0, 0.05) is 27.9 Å². The number of aryl methyl sites for hydroxylation is 1. The van der Waals surface area contributed by atoms with E-state index in [1.807, 2.05) is 43.3 Å². The van der Waals surface area contributed by atoms with Crippen molar-refractivity contribution in [2.24, 2.45) is 0 Å². The van der Waals surface area contributed by atoms with E-state index in [0.29, 0.717) is 22.8 Å². The second-order valence-corrected chi connectivity index (χ2v) is 10.8. The van der Waals surface area contributed by atoms with Crippen LogP contribution in [0.1, 0.15) is 36.9 Å². The number of aromatic nitrogens is 2. The highest BCUT2D eigenvalue weighted by molar-refractivity contribution is 7.81. The standard InChI is InChI=1S/C30H26FN3O4S/c1-3-18-8-9-23-26(14-18)33-30-28(23)29(35)25-16-19(4-2)24(17-27(25)34(30)21-10-12-32-13-11-21)20-6-5-7-22(15-20)38-39(31,36)37/h1,5-9,14-17,21,32-33H,4,10-13H2,2H3. The topological polar surface area (TPSA) is 93.2 Å². The number of terminal acetylenes is 1. The maximum Gasteiger partial charge on any atom is 0.488 e. The number of pyridine rings is 1. The zero-order chi connectivity index (χ0) is 27.3. The van der Waals surface area contributed by atoms with Gasteiger partial charge in [-0.15, -0.1) is 6.42 Å². The Hall–Kier alpha value is -4.13. The third-order valence-electron chi connectivity index (χ3n) is 7.53. The lowest BCUT2D eigenvalue weighted by Crippen LogP contribution is -2.30. The van der Waals surface area contributed by atoms with Crippen molar-refractivity contribution in [1.29, 1.82) is 0 Å². The molecule has 2 N–H and O–H groups in total. The first-order chi connectivity index (χ1) is 18.8. The molecule has 3 aromatic carbocycles. The molecule has 3 heterocycles. The predicted molar refractivity (Wildman–Crippen MR) is 152 cm³/mol. The van der Waals surface area contributed by atoms with Gasteiger partial charge in [-0.25, -0.2) is 0 Å². The summed E-state index contributed by atoms with van der Waals surface area (Å²) in [5.74, 6) is 2.54. The molecular weight excluding hydrogens is 517 g/mol. The Bertz CT molecular complexity index is 1980. The average molecular weight is 544 g/mol. The Morgan fingerprint density at radius 3 is 2.62 bits per heavy atom. The predicted octanol–water partition coefficient (Wildman–Crippen LogP) is 5.36. The molecular formula is C30H26FN3O4S. The third kappa shape index (κ3) is 4.46. The molecule has 0 amide bonds. The third-order valence-corrected chi connectivity index (χ3v) is 7.93. The Morgan fingerprint density at radius 1 is 1.10 bits per heavy atom. The van der Waals surface area contributed by atoms with Crippen LogP contribution in [0.4, 0.5) is 3.89 Å². The largest absolute Gasteiger partial charge is 0.488 e. The second kappa shape index (κ2) is 9.56. The number of aromatic amines is 1. The van der Waals surface area contributed by atoms with Gasteiger partial charge in [0.1, 0.15) is 11.4 Å². The summed E-state index contributed by atoms with van der Waals surface area (Å²) in [4.78, 5) is 17.6. The van der Waals surface area contributed by atoms with E-state index in [2.05, 4.69) is 25.0 Å². The van der Waals surface area contributed by atoms with Crippen LogP contribution in [0.25, 0.3) is 44.0 Å². The monoisotopic (exact) mass is 543 g/mol. The smallest absolute Gasteiger partial charge is 0.358 e. The Balaban J connectivity index is 1.69. The molecule has 1 fully saturated rings. The maximum atomic E-state index is 14.1. The number of nitrogens with zero attached hydrogens (tertiary/aromatic N) is 1. The van der Waals surface area contributed by atoms with E-state index in [1.54, 1.807) is 6.07 Å². The van der Waals surface area contributed by atoms with Gasteiger partial charge in [-0.05, 0) is 85.4 Å². The molecule has 0 atom stereocenters. The summed E-state index contributed by atoms with van der Waals surface area (Å²) >= 11 is 0. The highest BCUT2D eigenvalue weighted by atomic mass is 32.3. The normalized spacial score (nSPS) is 14.7. The van der Waals surface area contributed by atoms with Gasteiger partial charge < -0.3 is 19.1 Å². The van der Waals surface area contributed by atoms with Gasteiger partial charge in [0.2, 0.25) is 0 Å². The van der Waals surface area contributed by atoms with Gasteiger partial charge >= 0.3 is 10.5 Å². The summed E-state index contributed by atoms with van der Waals surface area (Å²) in [7, 11) is -5.16. The lowest BCUT2D eigenvalue weighted by atomic mass is 9.94. The molecule has 0 unspecified atom stereocenters. The molecule has 2 aromatic heterocycles. The zero-order valence-electron chi connectivity index (χ0n) is 21.3. The van der Waals surface area contributed by atoms with Crippen molar-refractivity contribution >= 4 is 43.3 Å². The second-order valence-electron chi connectivity index (χ2n) is 9.82. The minimum atomic E-state index is -5.16. The Labute approximate surface area is 225 Å². The SMILES string of the molecule is C#Cc1ccc2c(c1)[nH]c1c2c(=O)c2cc(CC)c(-c3cccc(OS(=O)(=O)F)c3)cc2n1C1CCNCC1. The van der Waals surface area contributed by atoms with Crippen molar-refractivity contribution in [1.82, 2.24) is 14.9 Å². The highest BCUT2D eigenvalue weighted by Gasteiger charge is 2.24. The summed E-state index contributed by atoms with van der Waals surface area (Å²) in [5, 5.41) is 5.49. The quantitative estimate of drug-likeness (QED) is 0.230. The van der Waals surface area contributed by atoms with Crippen molar-refractivity contribution in [3.63, 3.8) is 0 Å². The fourth-order valence-electron chi connectivity index (χ4n) is 5.79. The van der Waals surface area contributed by atoms with E-state index >= 15 is 0 Å². The lowest BCUT2D eigenvalue weighted by molar-refractivity contribution is 0.381. The molecule has 0 spiro atoms. The van der Waals surface area contributed by atoms with Crippen molar-refractivity contribution in [3.8, 4) is 29.2 Å². The molecule has 0 aliphatic carbocycles. The van der Waals surface area contributed by atoms with Gasteiger partial charge in [0.05, 0.1) is 10.9 Å². The molecule has 7 nitrogen and oxygen atoms in total. The van der Waals surface area contributed by atoms with E-state index in [0.717, 1.165) is 64.7 Å². The van der Waals surface area contributed by atoms with Gasteiger partial charge in [-0.3, -0.25) is 4.79 Å². The molecule has 5 aromatic rings. The van der Waals surface area contributed by atoms with Gasteiger partial charge in [-0.2, -0.15) is 8.42 Å². The minimum Gasteiger partial charge on any atom is -0.358 e. The first kappa shape index (κ1) is 25.2. The van der Waals surface area contributed by atoms with Crippen LogP contribution >= 0.6 is 0 Å². The van der Waals surface area contributed by atoms with Crippen molar-refractivity contribution in [2.75, 3.05) is 13.1 Å². The van der Waals surface area contributed by atoms with Gasteiger partial charge in [0.15, 0.2) is 5.43 Å². The number of fused-ring (bicyclic) bond motifs is 4. The number of rotatable bonds is 5. The van der Waals surface area contributed by atoms with Crippen LogP contribution in [0.2, 0.25) is 0 Å². The number of hydrogen-bond acceptors (Lipinski definition) is 5. The fourth-order valence-corrected chi connectivity index (χ4v) is 6.12. The van der Waals surface area contributed by atoms with Crippen molar-refractivity contribution < 1.29 is 16.5 Å². The number of hydrogen-bond donors (Lipinski definition) is 2. The molecule has 0 saturated carbocycles. The average Bonchev–Trinajstić information content (AvgIpc) is 3.31. The van der Waals surface area contributed by atoms with Gasteiger partial charge in [-0.1, -0.05) is 34.9 Å². The van der Waals surface area contributed by atoms with E-state index in [1.165, 1.54) is 12.1 Å². The van der Waals surface area contributed by atoms with E-state index < -0.39 is 10.5 Å². The number of halogens is 1. The van der Waals surface area contributed by atoms with Crippen LogP contribution in [-0.2, 0) is 16.9 Å². The van der Waals surface area contributed by atoms with E-state index in [9.17, 15) is 17.1 Å². The van der Waals surface area contributed by atoms with E-state index in [4.69, 9.17) is 6.42 Å². The number of nitrogens with one attached hydrogen (secondary N) is 2. The number of benzene rings is 3. The summed E-state index contributed by atoms with van der Waals surface area (Å²) in [6.07, 6.45) is 8.05. The molecule has 0 radical (unpaired) electrons. The lowest BCUT2D eigenvalue weighted by Gasteiger charge is -2.28. The van der Waals surface area contributed by atoms with Crippen LogP contribution in [0.3, 0.4) is 0 Å². The number of piperidine rings is 1. The number of H-pyrrole nitrogens is 1. The van der Waals surface area contributed by atoms with Crippen LogP contribution < -0.4 is 14.9 Å². The summed E-state index contributed by atoms with van der Waals surface area (Å²) in [5.41, 5.74) is 5.39. The molecule has 1 aliphatic heterocycles. The summed E-state index contributed by atoms with van der Waals surface area (Å²) < 4.78 is 42.2. The van der Waals surface area contributed by atoms with E-state index in [-0.39, 0.29) is 17.2 Å². The summed E-state index contributed by atoms with van der Waals surface area (Å²) in [6, 6.07) is 16.0. The van der Waals surface area contributed by atoms with Crippen LogP contribution in [-0.4, -0.2) is 31.1 Å². The molecule has 6 rings (SSSR count). The molecule has 9 heteroatoms. The van der Waals surface area contributed by atoms with Crippen molar-refractivity contribution in [2.45, 2.75) is 32.2 Å². The summed E-state index contributed by atoms with van der Waals surface area (Å²) in [6.45, 7) is 3.71. The molecule has 39 heavy (non-hydrogen) atoms. The fraction of sp³-hybridized carbons (Fsp3) is 0.233. The maximum absolute atomic E-state index is 14.1. The van der Waals surface area contributed by atoms with Crippen LogP contribution in [0.15, 0.2) is 59.4 Å². The zero-order valence-corrected chi connectivity index (χ0v) is 22.1. The molecule has 0 bridgehead atoms. The Morgan fingerprint density at radius 2 is 1.90 bits per heavy atom. The van der Waals surface area contributed by atoms with Crippen molar-refractivity contribution in [3.05, 3.63) is 75.9 Å². The minimum absolute atomic E-state index is 0.0632. The molecule has 1 aliphatic rings. The molecule has 1 saturated heterocycles. The first-order valence-electron chi connectivity index (χ1n) is 12.9. The first-order valence-corrected chi connectivity index (χ1v) is 14.2. The Kier molecular flexibility index (Phi) is 6.17. The highest BCUT2D eigenvalue weighted by Crippen LogP contribution is 2.36. The van der Waals surface area contributed by atoms with Gasteiger partial charge in [0.25, 0.3) is 0 Å². The molecule has 198 valence electrons.